The van der Waals surface area contributed by atoms with E-state index in [4.69, 9.17) is 4.74 Å². The van der Waals surface area contributed by atoms with Gasteiger partial charge in [-0.05, 0) is 49.9 Å². The van der Waals surface area contributed by atoms with Crippen LogP contribution in [0.2, 0.25) is 0 Å². The number of hydrogen-bond acceptors (Lipinski definition) is 4. The van der Waals surface area contributed by atoms with E-state index in [0.717, 1.165) is 24.1 Å². The van der Waals surface area contributed by atoms with Gasteiger partial charge < -0.3 is 10.1 Å². The molecular formula is C21H22N4O2. The highest BCUT2D eigenvalue weighted by atomic mass is 16.5. The molecule has 0 aliphatic heterocycles. The molecule has 4 rings (SSSR count). The molecule has 1 saturated carbocycles. The molecule has 2 heterocycles. The molecule has 0 atom stereocenters. The maximum Gasteiger partial charge on any atom is 0.253 e. The molecule has 27 heavy (non-hydrogen) atoms. The van der Waals surface area contributed by atoms with Crippen LogP contribution in [0.5, 0.6) is 5.88 Å². The number of amides is 1. The normalized spacial score (nSPS) is 14.2. The second-order valence-corrected chi connectivity index (χ2v) is 6.64. The lowest BCUT2D eigenvalue weighted by molar-refractivity contribution is 0.0950. The van der Waals surface area contributed by atoms with Gasteiger partial charge in [-0.1, -0.05) is 18.2 Å². The molecule has 1 amide bonds. The molecule has 1 aliphatic carbocycles. The predicted molar refractivity (Wildman–Crippen MR) is 102 cm³/mol. The number of ether oxygens (including phenoxy) is 1. The molecule has 2 aromatic heterocycles. The fourth-order valence-electron chi connectivity index (χ4n) is 3.38. The van der Waals surface area contributed by atoms with Crippen molar-refractivity contribution in [3.8, 4) is 11.6 Å². The Kier molecular flexibility index (Phi) is 5.14. The van der Waals surface area contributed by atoms with Crippen LogP contribution < -0.4 is 10.1 Å². The summed E-state index contributed by atoms with van der Waals surface area (Å²) >= 11 is 0. The molecule has 6 nitrogen and oxygen atoms in total. The molecular weight excluding hydrogens is 340 g/mol. The third-order valence-corrected chi connectivity index (χ3v) is 4.77. The Morgan fingerprint density at radius 1 is 1.11 bits per heavy atom. The second-order valence-electron chi connectivity index (χ2n) is 6.64. The quantitative estimate of drug-likeness (QED) is 0.728. The van der Waals surface area contributed by atoms with Crippen molar-refractivity contribution < 1.29 is 9.53 Å². The van der Waals surface area contributed by atoms with Gasteiger partial charge in [-0.3, -0.25) is 4.79 Å². The van der Waals surface area contributed by atoms with Gasteiger partial charge in [-0.15, -0.1) is 0 Å². The fourth-order valence-corrected chi connectivity index (χ4v) is 3.38. The first kappa shape index (κ1) is 17.3. The van der Waals surface area contributed by atoms with Crippen LogP contribution in [0.3, 0.4) is 0 Å². The van der Waals surface area contributed by atoms with Gasteiger partial charge in [0.2, 0.25) is 5.88 Å². The van der Waals surface area contributed by atoms with Gasteiger partial charge in [0.1, 0.15) is 6.10 Å². The number of hydrogen-bond donors (Lipinski definition) is 1. The van der Waals surface area contributed by atoms with E-state index in [1.807, 2.05) is 42.6 Å². The highest BCUT2D eigenvalue weighted by molar-refractivity contribution is 5.97. The number of para-hydroxylation sites is 1. The summed E-state index contributed by atoms with van der Waals surface area (Å²) < 4.78 is 7.74. The largest absolute Gasteiger partial charge is 0.474 e. The number of pyridine rings is 1. The molecule has 1 aromatic carbocycles. The Hall–Kier alpha value is -3.15. The maximum atomic E-state index is 12.8. The smallest absolute Gasteiger partial charge is 0.253 e. The molecule has 3 aromatic rings. The lowest BCUT2D eigenvalue weighted by Crippen LogP contribution is -2.25. The third-order valence-electron chi connectivity index (χ3n) is 4.77. The standard InChI is InChI=1S/C21H22N4O2/c26-20(18-10-3-4-11-19(18)25-14-6-13-24-25)23-15-16-7-5-12-22-21(16)27-17-8-1-2-9-17/h3-7,10-14,17H,1-2,8-9,15H2,(H,23,26). The van der Waals surface area contributed by atoms with Crippen molar-refractivity contribution in [2.75, 3.05) is 0 Å². The third kappa shape index (κ3) is 4.00. The van der Waals surface area contributed by atoms with Crippen molar-refractivity contribution in [3.05, 3.63) is 72.2 Å². The Labute approximate surface area is 158 Å². The highest BCUT2D eigenvalue weighted by Crippen LogP contribution is 2.25. The SMILES string of the molecule is O=C(NCc1cccnc1OC1CCCC1)c1ccccc1-n1cccn1. The van der Waals surface area contributed by atoms with Crippen molar-refractivity contribution in [2.45, 2.75) is 38.3 Å². The van der Waals surface area contributed by atoms with E-state index in [0.29, 0.717) is 18.0 Å². The van der Waals surface area contributed by atoms with E-state index in [1.54, 1.807) is 23.1 Å². The molecule has 0 spiro atoms. The fraction of sp³-hybridized carbons (Fsp3) is 0.286. The minimum Gasteiger partial charge on any atom is -0.474 e. The Morgan fingerprint density at radius 3 is 2.78 bits per heavy atom. The summed E-state index contributed by atoms with van der Waals surface area (Å²) in [6.07, 6.45) is 10.0. The Bertz CT molecular complexity index is 902. The van der Waals surface area contributed by atoms with Crippen LogP contribution in [0.4, 0.5) is 0 Å². The zero-order valence-corrected chi connectivity index (χ0v) is 15.0. The van der Waals surface area contributed by atoms with E-state index in [9.17, 15) is 4.79 Å². The summed E-state index contributed by atoms with van der Waals surface area (Å²) in [4.78, 5) is 17.1. The molecule has 0 saturated heterocycles. The summed E-state index contributed by atoms with van der Waals surface area (Å²) in [5, 5.41) is 7.21. The zero-order chi connectivity index (χ0) is 18.5. The molecule has 1 N–H and O–H groups in total. The summed E-state index contributed by atoms with van der Waals surface area (Å²) in [6.45, 7) is 0.363. The first-order valence-electron chi connectivity index (χ1n) is 9.29. The van der Waals surface area contributed by atoms with Crippen LogP contribution in [-0.4, -0.2) is 26.8 Å². The van der Waals surface area contributed by atoms with Crippen molar-refractivity contribution >= 4 is 5.91 Å². The van der Waals surface area contributed by atoms with Crippen molar-refractivity contribution in [3.63, 3.8) is 0 Å². The van der Waals surface area contributed by atoms with Crippen LogP contribution in [0.25, 0.3) is 5.69 Å². The number of rotatable bonds is 6. The minimum absolute atomic E-state index is 0.156. The van der Waals surface area contributed by atoms with Gasteiger partial charge in [0.15, 0.2) is 0 Å². The highest BCUT2D eigenvalue weighted by Gasteiger charge is 2.19. The van der Waals surface area contributed by atoms with Crippen LogP contribution >= 0.6 is 0 Å². The summed E-state index contributed by atoms with van der Waals surface area (Å²) in [5.41, 5.74) is 2.20. The van der Waals surface area contributed by atoms with Gasteiger partial charge in [0, 0.05) is 30.7 Å². The van der Waals surface area contributed by atoms with Crippen molar-refractivity contribution in [1.29, 1.82) is 0 Å². The number of nitrogens with one attached hydrogen (secondary N) is 1. The van der Waals surface area contributed by atoms with E-state index in [2.05, 4.69) is 15.4 Å². The number of aromatic nitrogens is 3. The second kappa shape index (κ2) is 8.03. The van der Waals surface area contributed by atoms with E-state index < -0.39 is 0 Å². The molecule has 138 valence electrons. The number of benzene rings is 1. The molecule has 1 fully saturated rings. The summed E-state index contributed by atoms with van der Waals surface area (Å²) in [7, 11) is 0. The van der Waals surface area contributed by atoms with Crippen LogP contribution in [0.15, 0.2) is 61.1 Å². The molecule has 0 bridgehead atoms. The first-order chi connectivity index (χ1) is 13.3. The average molecular weight is 362 g/mol. The number of carbonyl (C=O) groups is 1. The van der Waals surface area contributed by atoms with Gasteiger partial charge >= 0.3 is 0 Å². The molecule has 0 radical (unpaired) electrons. The maximum absolute atomic E-state index is 12.8. The Balaban J connectivity index is 1.48. The number of carbonyl (C=O) groups excluding carboxylic acids is 1. The van der Waals surface area contributed by atoms with Gasteiger partial charge in [0.05, 0.1) is 11.3 Å². The molecule has 0 unspecified atom stereocenters. The molecule has 6 heteroatoms. The minimum atomic E-state index is -0.156. The summed E-state index contributed by atoms with van der Waals surface area (Å²) in [6, 6.07) is 13.0. The van der Waals surface area contributed by atoms with Crippen LogP contribution in [0, 0.1) is 0 Å². The van der Waals surface area contributed by atoms with Crippen molar-refractivity contribution in [2.24, 2.45) is 0 Å². The summed E-state index contributed by atoms with van der Waals surface area (Å²) in [5.74, 6) is 0.460. The van der Waals surface area contributed by atoms with Gasteiger partial charge in [0.25, 0.3) is 5.91 Å². The Morgan fingerprint density at radius 2 is 1.96 bits per heavy atom. The number of nitrogens with zero attached hydrogens (tertiary/aromatic N) is 3. The van der Waals surface area contributed by atoms with Crippen molar-refractivity contribution in [1.82, 2.24) is 20.1 Å². The zero-order valence-electron chi connectivity index (χ0n) is 15.0. The lowest BCUT2D eigenvalue weighted by Gasteiger charge is -2.16. The topological polar surface area (TPSA) is 69.0 Å². The predicted octanol–water partition coefficient (Wildman–Crippen LogP) is 3.52. The van der Waals surface area contributed by atoms with E-state index >= 15 is 0 Å². The van der Waals surface area contributed by atoms with Crippen LogP contribution in [-0.2, 0) is 6.54 Å². The van der Waals surface area contributed by atoms with E-state index in [-0.39, 0.29) is 12.0 Å². The molecule has 1 aliphatic rings. The van der Waals surface area contributed by atoms with Crippen LogP contribution in [0.1, 0.15) is 41.6 Å². The monoisotopic (exact) mass is 362 g/mol. The van der Waals surface area contributed by atoms with Gasteiger partial charge in [-0.25, -0.2) is 9.67 Å². The lowest BCUT2D eigenvalue weighted by atomic mass is 10.1. The first-order valence-corrected chi connectivity index (χ1v) is 9.29. The van der Waals surface area contributed by atoms with E-state index in [1.165, 1.54) is 12.8 Å². The average Bonchev–Trinajstić information content (AvgIpc) is 3.41. The van der Waals surface area contributed by atoms with Gasteiger partial charge in [-0.2, -0.15) is 5.10 Å².